The molecule has 4 nitrogen and oxygen atoms in total. The van der Waals surface area contributed by atoms with Gasteiger partial charge in [-0.15, -0.1) is 0 Å². The van der Waals surface area contributed by atoms with Gasteiger partial charge < -0.3 is 15.2 Å². The number of piperidine rings is 1. The maximum Gasteiger partial charge on any atom is 0.223 e. The quantitative estimate of drug-likeness (QED) is 0.660. The lowest BCUT2D eigenvalue weighted by molar-refractivity contribution is -0.126. The zero-order valence-electron chi connectivity index (χ0n) is 16.4. The minimum atomic E-state index is 0.167. The van der Waals surface area contributed by atoms with E-state index in [1.165, 1.54) is 22.2 Å². The molecule has 1 amide bonds. The Kier molecular flexibility index (Phi) is 6.07. The van der Waals surface area contributed by atoms with Crippen molar-refractivity contribution >= 4 is 16.8 Å². The summed E-state index contributed by atoms with van der Waals surface area (Å²) in [5, 5.41) is 4.41. The highest BCUT2D eigenvalue weighted by molar-refractivity contribution is 5.80. The van der Waals surface area contributed by atoms with Gasteiger partial charge in [-0.25, -0.2) is 0 Å². The van der Waals surface area contributed by atoms with Crippen LogP contribution in [0.4, 0.5) is 0 Å². The van der Waals surface area contributed by atoms with Gasteiger partial charge >= 0.3 is 0 Å². The summed E-state index contributed by atoms with van der Waals surface area (Å²) in [6.07, 6.45) is 3.85. The van der Waals surface area contributed by atoms with Gasteiger partial charge in [-0.05, 0) is 55.4 Å². The first-order valence-corrected chi connectivity index (χ1v) is 10.4. The van der Waals surface area contributed by atoms with E-state index >= 15 is 0 Å². The fourth-order valence-electron chi connectivity index (χ4n) is 4.08. The van der Waals surface area contributed by atoms with Gasteiger partial charge in [-0.2, -0.15) is 0 Å². The normalized spacial score (nSPS) is 15.7. The summed E-state index contributed by atoms with van der Waals surface area (Å²) in [7, 11) is 0. The number of para-hydroxylation sites is 1. The topological polar surface area (TPSA) is 48.1 Å². The minimum absolute atomic E-state index is 0.167. The van der Waals surface area contributed by atoms with E-state index in [1.807, 2.05) is 18.2 Å². The third kappa shape index (κ3) is 4.82. The second kappa shape index (κ2) is 9.07. The molecule has 1 aromatic heterocycles. The molecule has 0 atom stereocenters. The summed E-state index contributed by atoms with van der Waals surface area (Å²) in [5.41, 5.74) is 3.78. The molecular formula is C24H29N3O. The van der Waals surface area contributed by atoms with Crippen LogP contribution in [0.3, 0.4) is 0 Å². The summed E-state index contributed by atoms with van der Waals surface area (Å²) < 4.78 is 0. The predicted molar refractivity (Wildman–Crippen MR) is 114 cm³/mol. The molecule has 2 N–H and O–H groups in total. The first-order valence-electron chi connectivity index (χ1n) is 10.4. The van der Waals surface area contributed by atoms with Crippen molar-refractivity contribution in [3.05, 3.63) is 71.9 Å². The van der Waals surface area contributed by atoms with Crippen molar-refractivity contribution in [3.8, 4) is 0 Å². The largest absolute Gasteiger partial charge is 0.358 e. The molecule has 1 aliphatic rings. The summed E-state index contributed by atoms with van der Waals surface area (Å²) in [4.78, 5) is 18.4. The Bertz CT molecular complexity index is 861. The van der Waals surface area contributed by atoms with Crippen molar-refractivity contribution in [2.45, 2.75) is 25.7 Å². The molecule has 0 bridgehead atoms. The second-order valence-electron chi connectivity index (χ2n) is 7.77. The van der Waals surface area contributed by atoms with Gasteiger partial charge in [0, 0.05) is 36.6 Å². The Morgan fingerprint density at radius 3 is 2.54 bits per heavy atom. The highest BCUT2D eigenvalue weighted by Crippen LogP contribution is 2.19. The molecule has 1 saturated heterocycles. The molecule has 0 unspecified atom stereocenters. The van der Waals surface area contributed by atoms with Crippen molar-refractivity contribution in [3.63, 3.8) is 0 Å². The monoisotopic (exact) mass is 375 g/mol. The summed E-state index contributed by atoms with van der Waals surface area (Å²) >= 11 is 0. The molecule has 4 heteroatoms. The fourth-order valence-corrected chi connectivity index (χ4v) is 4.08. The SMILES string of the molecule is O=C(NCCc1ccccc1)C1CCN(CCc2cc3ccccc3[nH]2)CC1. The molecule has 2 aromatic carbocycles. The molecule has 1 fully saturated rings. The Morgan fingerprint density at radius 1 is 1.00 bits per heavy atom. The zero-order chi connectivity index (χ0) is 19.2. The Labute approximate surface area is 166 Å². The van der Waals surface area contributed by atoms with Crippen LogP contribution in [0.5, 0.6) is 0 Å². The molecule has 0 spiro atoms. The number of benzene rings is 2. The molecule has 0 radical (unpaired) electrons. The van der Waals surface area contributed by atoms with Crippen molar-refractivity contribution in [2.75, 3.05) is 26.2 Å². The number of hydrogen-bond acceptors (Lipinski definition) is 2. The number of H-pyrrole nitrogens is 1. The maximum absolute atomic E-state index is 12.4. The van der Waals surface area contributed by atoms with E-state index in [9.17, 15) is 4.79 Å². The average molecular weight is 376 g/mol. The first kappa shape index (κ1) is 18.8. The van der Waals surface area contributed by atoms with Gasteiger partial charge in [0.05, 0.1) is 0 Å². The molecule has 2 heterocycles. The molecule has 0 saturated carbocycles. The van der Waals surface area contributed by atoms with E-state index in [1.54, 1.807) is 0 Å². The second-order valence-corrected chi connectivity index (χ2v) is 7.77. The van der Waals surface area contributed by atoms with Gasteiger partial charge in [0.1, 0.15) is 0 Å². The van der Waals surface area contributed by atoms with Gasteiger partial charge in [0.15, 0.2) is 0 Å². The lowest BCUT2D eigenvalue weighted by Gasteiger charge is -2.31. The first-order chi connectivity index (χ1) is 13.8. The van der Waals surface area contributed by atoms with Crippen LogP contribution >= 0.6 is 0 Å². The summed E-state index contributed by atoms with van der Waals surface area (Å²) in [6, 6.07) is 21.0. The van der Waals surface area contributed by atoms with Gasteiger partial charge in [0.2, 0.25) is 5.91 Å². The molecular weight excluding hydrogens is 346 g/mol. The fraction of sp³-hybridized carbons (Fsp3) is 0.375. The predicted octanol–water partition coefficient (Wildman–Crippen LogP) is 3.78. The zero-order valence-corrected chi connectivity index (χ0v) is 16.4. The Balaban J connectivity index is 1.17. The molecule has 28 heavy (non-hydrogen) atoms. The van der Waals surface area contributed by atoms with Crippen molar-refractivity contribution < 1.29 is 4.79 Å². The van der Waals surface area contributed by atoms with Crippen LogP contribution in [-0.2, 0) is 17.6 Å². The highest BCUT2D eigenvalue weighted by atomic mass is 16.1. The third-order valence-electron chi connectivity index (χ3n) is 5.80. The van der Waals surface area contributed by atoms with E-state index in [0.717, 1.165) is 51.9 Å². The minimum Gasteiger partial charge on any atom is -0.358 e. The van der Waals surface area contributed by atoms with Gasteiger partial charge in [-0.1, -0.05) is 48.5 Å². The van der Waals surface area contributed by atoms with Crippen molar-refractivity contribution in [1.82, 2.24) is 15.2 Å². The van der Waals surface area contributed by atoms with E-state index in [2.05, 4.69) is 57.7 Å². The number of carbonyl (C=O) groups excluding carboxylic acids is 1. The number of aromatic amines is 1. The van der Waals surface area contributed by atoms with Crippen LogP contribution in [0.2, 0.25) is 0 Å². The van der Waals surface area contributed by atoms with Crippen LogP contribution in [0.25, 0.3) is 10.9 Å². The van der Waals surface area contributed by atoms with Crippen molar-refractivity contribution in [1.29, 1.82) is 0 Å². The van der Waals surface area contributed by atoms with Crippen LogP contribution < -0.4 is 5.32 Å². The van der Waals surface area contributed by atoms with Crippen LogP contribution in [-0.4, -0.2) is 42.0 Å². The molecule has 1 aliphatic heterocycles. The standard InChI is InChI=1S/C24H29N3O/c28-24(25-14-10-19-6-2-1-3-7-19)20-11-15-27(16-12-20)17-13-22-18-21-8-4-5-9-23(21)26-22/h1-9,18,20,26H,10-17H2,(H,25,28). The Hall–Kier alpha value is -2.59. The van der Waals surface area contributed by atoms with Crippen LogP contribution in [0.15, 0.2) is 60.7 Å². The van der Waals surface area contributed by atoms with Gasteiger partial charge in [-0.3, -0.25) is 4.79 Å². The molecule has 3 aromatic rings. The van der Waals surface area contributed by atoms with E-state index in [4.69, 9.17) is 0 Å². The summed E-state index contributed by atoms with van der Waals surface area (Å²) in [6.45, 7) is 3.80. The molecule has 146 valence electrons. The van der Waals surface area contributed by atoms with E-state index < -0.39 is 0 Å². The lowest BCUT2D eigenvalue weighted by atomic mass is 9.95. The van der Waals surface area contributed by atoms with Crippen molar-refractivity contribution in [2.24, 2.45) is 5.92 Å². The average Bonchev–Trinajstić information content (AvgIpc) is 3.16. The summed E-state index contributed by atoms with van der Waals surface area (Å²) in [5.74, 6) is 0.395. The lowest BCUT2D eigenvalue weighted by Crippen LogP contribution is -2.41. The third-order valence-corrected chi connectivity index (χ3v) is 5.80. The van der Waals surface area contributed by atoms with Gasteiger partial charge in [0.25, 0.3) is 0 Å². The van der Waals surface area contributed by atoms with E-state index in [0.29, 0.717) is 0 Å². The smallest absolute Gasteiger partial charge is 0.223 e. The number of nitrogens with one attached hydrogen (secondary N) is 2. The number of likely N-dealkylation sites (tertiary alicyclic amines) is 1. The number of fused-ring (bicyclic) bond motifs is 1. The van der Waals surface area contributed by atoms with E-state index in [-0.39, 0.29) is 11.8 Å². The van der Waals surface area contributed by atoms with Crippen LogP contribution in [0, 0.1) is 5.92 Å². The molecule has 4 rings (SSSR count). The Morgan fingerprint density at radius 2 is 1.75 bits per heavy atom. The number of hydrogen-bond donors (Lipinski definition) is 2. The highest BCUT2D eigenvalue weighted by Gasteiger charge is 2.24. The number of rotatable bonds is 7. The number of carbonyl (C=O) groups is 1. The molecule has 0 aliphatic carbocycles. The number of nitrogens with zero attached hydrogens (tertiary/aromatic N) is 1. The maximum atomic E-state index is 12.4. The number of amides is 1. The number of aromatic nitrogens is 1. The van der Waals surface area contributed by atoms with Crippen LogP contribution in [0.1, 0.15) is 24.1 Å².